The quantitative estimate of drug-likeness (QED) is 0.337. The molecule has 0 saturated carbocycles. The van der Waals surface area contributed by atoms with Crippen molar-refractivity contribution in [2.75, 3.05) is 0 Å². The molecule has 6 nitrogen and oxygen atoms in total. The van der Waals surface area contributed by atoms with E-state index in [0.29, 0.717) is 0 Å². The third-order valence-corrected chi connectivity index (χ3v) is 0. The van der Waals surface area contributed by atoms with Gasteiger partial charge in [-0.3, -0.25) is 0 Å². The molecule has 0 unspecified atom stereocenters. The predicted molar refractivity (Wildman–Crippen MR) is 7.13 cm³/mol. The molecule has 55 valence electrons. The van der Waals surface area contributed by atoms with Crippen LogP contribution in [0.2, 0.25) is 0 Å². The molecule has 0 amide bonds. The number of hydrogen-bond acceptors (Lipinski definition) is 6. The van der Waals surface area contributed by atoms with Crippen LogP contribution in [-0.4, -0.2) is 27.3 Å². The van der Waals surface area contributed by atoms with Crippen molar-refractivity contribution in [3.05, 3.63) is 0 Å². The van der Waals surface area contributed by atoms with Crippen LogP contribution in [0.15, 0.2) is 0 Å². The average molecular weight is 454 g/mol. The fraction of sp³-hybridized carbons (Fsp3) is 0. The minimum Gasteiger partial charge on any atom is 2.00 e. The molecule has 0 spiro atoms. The molecule has 3 radical (unpaired) electrons. The Labute approximate surface area is 101 Å². The van der Waals surface area contributed by atoms with Crippen LogP contribution in [-0.2, 0) is 61.0 Å². The Morgan fingerprint density at radius 2 is 0.800 bits per heavy atom. The van der Waals surface area contributed by atoms with E-state index in [-0.39, 0.29) is 44.4 Å². The maximum atomic E-state index is 8.58. The van der Waals surface area contributed by atoms with Crippen molar-refractivity contribution < 1.29 is 75.7 Å². The van der Waals surface area contributed by atoms with Gasteiger partial charge in [0.05, 0.1) is 0 Å². The Morgan fingerprint density at radius 1 is 0.800 bits per heavy atom. The molecule has 0 aromatic heterocycles. The number of hydrogen-bond donors (Lipinski definition) is 0. The van der Waals surface area contributed by atoms with E-state index in [1.54, 1.807) is 0 Å². The van der Waals surface area contributed by atoms with Crippen LogP contribution in [0.1, 0.15) is 0 Å². The first kappa shape index (κ1) is 22.8. The molecule has 0 aromatic carbocycles. The summed E-state index contributed by atoms with van der Waals surface area (Å²) in [4.78, 5) is 0. The smallest absolute Gasteiger partial charge is 2.00 e. The molecule has 0 saturated heterocycles. The van der Waals surface area contributed by atoms with Crippen molar-refractivity contribution in [1.82, 2.24) is 0 Å². The van der Waals surface area contributed by atoms with Gasteiger partial charge in [-0.15, -0.1) is 0 Å². The Bertz CT molecular complexity index is 73.7. The minimum absolute atomic E-state index is 0. The summed E-state index contributed by atoms with van der Waals surface area (Å²) in [7, 11) is 0. The normalized spacial score (nSPS) is 5.20. The first-order valence-electron chi connectivity index (χ1n) is 1.22. The van der Waals surface area contributed by atoms with Crippen LogP contribution in [0.4, 0.5) is 0 Å². The first-order chi connectivity index (χ1) is 3.46. The van der Waals surface area contributed by atoms with E-state index in [1.165, 1.54) is 0 Å². The molecule has 0 aliphatic heterocycles. The van der Waals surface area contributed by atoms with Gasteiger partial charge in [0.2, 0.25) is 0 Å². The molecule has 0 atom stereocenters. The Morgan fingerprint density at radius 3 is 0.800 bits per heavy atom. The molecule has 0 aliphatic carbocycles. The summed E-state index contributed by atoms with van der Waals surface area (Å²) in [6, 6.07) is 0. The molecule has 0 heterocycles. The van der Waals surface area contributed by atoms with Gasteiger partial charge in [0.1, 0.15) is 0 Å². The van der Waals surface area contributed by atoms with E-state index in [2.05, 4.69) is 0 Å². The van der Waals surface area contributed by atoms with Crippen molar-refractivity contribution in [2.24, 2.45) is 0 Å². The molecule has 0 rings (SSSR count). The summed E-state index contributed by atoms with van der Waals surface area (Å²) in [5, 5.41) is 0. The van der Waals surface area contributed by atoms with Gasteiger partial charge in [-0.05, 0) is 0 Å². The standard InChI is InChI=1S/Mn.6O.Pb.2Ti/q+2;;;4*-1;+2;;. The van der Waals surface area contributed by atoms with Crippen molar-refractivity contribution in [2.45, 2.75) is 0 Å². The van der Waals surface area contributed by atoms with Gasteiger partial charge in [-0.25, -0.2) is 0 Å². The Kier molecular flexibility index (Phi) is 39.7. The monoisotopic (exact) mass is 455 g/mol. The largest absolute Gasteiger partial charge is 2.00 e. The minimum atomic E-state index is -4.08. The van der Waals surface area contributed by atoms with Gasteiger partial charge in [-0.1, -0.05) is 0 Å². The Hall–Kier alpha value is 2.31. The second-order valence-electron chi connectivity index (χ2n) is 0.500. The van der Waals surface area contributed by atoms with Crippen LogP contribution in [0, 0.1) is 0 Å². The van der Waals surface area contributed by atoms with Crippen molar-refractivity contribution >= 4 is 27.3 Å². The summed E-state index contributed by atoms with van der Waals surface area (Å²) >= 11 is -8.17. The van der Waals surface area contributed by atoms with E-state index >= 15 is 0 Å². The van der Waals surface area contributed by atoms with E-state index < -0.39 is 37.2 Å². The van der Waals surface area contributed by atoms with E-state index in [4.69, 9.17) is 21.4 Å². The third kappa shape index (κ3) is 167. The van der Waals surface area contributed by atoms with Crippen molar-refractivity contribution in [3.63, 3.8) is 0 Å². The zero-order valence-corrected chi connectivity index (χ0v) is 12.5. The SMILES string of the molecule is [Mn+2].[O]=[Ti]([O-])[O-].[O]=[Ti]([O-])[O-].[Pb+2]. The average Bonchev–Trinajstić information content (AvgIpc) is 1.25. The van der Waals surface area contributed by atoms with Crippen LogP contribution in [0.25, 0.3) is 0 Å². The number of rotatable bonds is 0. The predicted octanol–water partition coefficient (Wildman–Crippen LogP) is -5.38. The topological polar surface area (TPSA) is 126 Å². The zero-order valence-electron chi connectivity index (χ0n) is 4.33. The zero-order chi connectivity index (χ0) is 7.15. The third-order valence-electron chi connectivity index (χ3n) is 0. The summed E-state index contributed by atoms with van der Waals surface area (Å²) in [5.41, 5.74) is 0. The maximum absolute atomic E-state index is 8.58. The van der Waals surface area contributed by atoms with Gasteiger partial charge < -0.3 is 0 Å². The van der Waals surface area contributed by atoms with E-state index in [1.807, 2.05) is 0 Å². The van der Waals surface area contributed by atoms with Gasteiger partial charge >= 0.3 is 103 Å². The molecule has 10 heteroatoms. The molecule has 0 bridgehead atoms. The molecule has 0 fully saturated rings. The molecule has 10 heavy (non-hydrogen) atoms. The summed E-state index contributed by atoms with van der Waals surface area (Å²) < 4.78 is 51.5. The summed E-state index contributed by atoms with van der Waals surface area (Å²) in [6.07, 6.45) is 0. The van der Waals surface area contributed by atoms with Crippen LogP contribution >= 0.6 is 0 Å². The van der Waals surface area contributed by atoms with Gasteiger partial charge in [0, 0.05) is 0 Å². The Balaban J connectivity index is -0.0000000300. The van der Waals surface area contributed by atoms with Crippen LogP contribution < -0.4 is 14.8 Å². The summed E-state index contributed by atoms with van der Waals surface area (Å²) in [5.74, 6) is 0. The molecule has 0 N–H and O–H groups in total. The van der Waals surface area contributed by atoms with Gasteiger partial charge in [0.15, 0.2) is 0 Å². The van der Waals surface area contributed by atoms with Crippen LogP contribution in [0.3, 0.4) is 0 Å². The molecular weight excluding hydrogens is 454 g/mol. The van der Waals surface area contributed by atoms with E-state index in [9.17, 15) is 0 Å². The fourth-order valence-electron chi connectivity index (χ4n) is 0. The molecular formula is MnO6PbTi2. The maximum Gasteiger partial charge on any atom is 2.00 e. The molecule has 0 aliphatic rings. The van der Waals surface area contributed by atoms with Gasteiger partial charge in [-0.2, -0.15) is 0 Å². The van der Waals surface area contributed by atoms with Crippen molar-refractivity contribution in [1.29, 1.82) is 0 Å². The fourth-order valence-corrected chi connectivity index (χ4v) is 0. The molecule has 0 aromatic rings. The van der Waals surface area contributed by atoms with E-state index in [0.717, 1.165) is 0 Å². The second-order valence-corrected chi connectivity index (χ2v) is 2.06. The first-order valence-corrected chi connectivity index (χ1v) is 5.05. The van der Waals surface area contributed by atoms with Gasteiger partial charge in [0.25, 0.3) is 0 Å². The van der Waals surface area contributed by atoms with Crippen LogP contribution in [0.5, 0.6) is 0 Å². The van der Waals surface area contributed by atoms with Crippen molar-refractivity contribution in [3.8, 4) is 0 Å². The summed E-state index contributed by atoms with van der Waals surface area (Å²) in [6.45, 7) is 0. The second kappa shape index (κ2) is 17.4.